The van der Waals surface area contributed by atoms with Crippen molar-refractivity contribution in [3.63, 3.8) is 0 Å². The second kappa shape index (κ2) is 7.42. The quantitative estimate of drug-likeness (QED) is 0.864. The molecule has 0 unspecified atom stereocenters. The predicted octanol–water partition coefficient (Wildman–Crippen LogP) is 4.32. The Morgan fingerprint density at radius 2 is 1.85 bits per heavy atom. The van der Waals surface area contributed by atoms with Gasteiger partial charge in [-0.3, -0.25) is 9.59 Å². The standard InChI is InChI=1S/C20H19F3N2O2/c1-13(15-4-2-5-16(12-15)20(21,22)23)24-19(27)14-7-9-17(10-8-14)25-11-3-6-18(25)26/h2,4-5,7-10,12-13H,3,6,11H2,1H3,(H,24,27)/t13-/m0/s1. The summed E-state index contributed by atoms with van der Waals surface area (Å²) < 4.78 is 38.5. The first kappa shape index (κ1) is 18.9. The van der Waals surface area contributed by atoms with Gasteiger partial charge in [0.2, 0.25) is 5.91 Å². The summed E-state index contributed by atoms with van der Waals surface area (Å²) in [6, 6.07) is 10.9. The highest BCUT2D eigenvalue weighted by molar-refractivity contribution is 5.97. The molecule has 0 spiro atoms. The van der Waals surface area contributed by atoms with Gasteiger partial charge in [-0.25, -0.2) is 0 Å². The first-order valence-electron chi connectivity index (χ1n) is 8.64. The van der Waals surface area contributed by atoms with Gasteiger partial charge in [-0.1, -0.05) is 12.1 Å². The van der Waals surface area contributed by atoms with E-state index in [2.05, 4.69) is 5.32 Å². The molecule has 1 atom stereocenters. The number of carbonyl (C=O) groups excluding carboxylic acids is 2. The number of nitrogens with zero attached hydrogens (tertiary/aromatic N) is 1. The Kier molecular flexibility index (Phi) is 5.21. The number of alkyl halides is 3. The van der Waals surface area contributed by atoms with E-state index in [9.17, 15) is 22.8 Å². The van der Waals surface area contributed by atoms with Gasteiger partial charge >= 0.3 is 6.18 Å². The van der Waals surface area contributed by atoms with Crippen LogP contribution in [-0.4, -0.2) is 18.4 Å². The zero-order valence-electron chi connectivity index (χ0n) is 14.7. The van der Waals surface area contributed by atoms with Crippen LogP contribution in [0.3, 0.4) is 0 Å². The lowest BCUT2D eigenvalue weighted by Gasteiger charge is -2.18. The van der Waals surface area contributed by atoms with Gasteiger partial charge in [0.15, 0.2) is 0 Å². The molecule has 1 aliphatic rings. The zero-order chi connectivity index (χ0) is 19.6. The van der Waals surface area contributed by atoms with Gasteiger partial charge < -0.3 is 10.2 Å². The molecule has 3 rings (SSSR count). The predicted molar refractivity (Wildman–Crippen MR) is 95.4 cm³/mol. The molecule has 1 aliphatic heterocycles. The van der Waals surface area contributed by atoms with Crippen molar-refractivity contribution >= 4 is 17.5 Å². The number of halogens is 3. The third-order valence-electron chi connectivity index (χ3n) is 4.58. The van der Waals surface area contributed by atoms with Gasteiger partial charge in [0, 0.05) is 24.2 Å². The number of benzene rings is 2. The number of hydrogen-bond donors (Lipinski definition) is 1. The van der Waals surface area contributed by atoms with Crippen molar-refractivity contribution in [2.24, 2.45) is 0 Å². The van der Waals surface area contributed by atoms with E-state index in [0.717, 1.165) is 24.2 Å². The van der Waals surface area contributed by atoms with Crippen molar-refractivity contribution < 1.29 is 22.8 Å². The van der Waals surface area contributed by atoms with Gasteiger partial charge in [-0.15, -0.1) is 0 Å². The van der Waals surface area contributed by atoms with E-state index in [-0.39, 0.29) is 11.8 Å². The summed E-state index contributed by atoms with van der Waals surface area (Å²) in [6.07, 6.45) is -3.09. The van der Waals surface area contributed by atoms with Crippen LogP contribution in [0.25, 0.3) is 0 Å². The molecule has 1 N–H and O–H groups in total. The van der Waals surface area contributed by atoms with E-state index >= 15 is 0 Å². The number of nitrogens with one attached hydrogen (secondary N) is 1. The highest BCUT2D eigenvalue weighted by Crippen LogP contribution is 2.30. The molecule has 4 nitrogen and oxygen atoms in total. The van der Waals surface area contributed by atoms with Crippen molar-refractivity contribution in [1.29, 1.82) is 0 Å². The van der Waals surface area contributed by atoms with Crippen LogP contribution in [0.15, 0.2) is 48.5 Å². The second-order valence-corrected chi connectivity index (χ2v) is 6.51. The Balaban J connectivity index is 1.69. The van der Waals surface area contributed by atoms with E-state index in [1.54, 1.807) is 42.2 Å². The molecular weight excluding hydrogens is 357 g/mol. The first-order chi connectivity index (χ1) is 12.8. The van der Waals surface area contributed by atoms with Gasteiger partial charge in [0.05, 0.1) is 11.6 Å². The van der Waals surface area contributed by atoms with E-state index in [1.165, 1.54) is 6.07 Å². The van der Waals surface area contributed by atoms with E-state index in [4.69, 9.17) is 0 Å². The Bertz CT molecular complexity index is 847. The van der Waals surface area contributed by atoms with E-state index in [1.807, 2.05) is 0 Å². The highest BCUT2D eigenvalue weighted by atomic mass is 19.4. The Morgan fingerprint density at radius 3 is 2.44 bits per heavy atom. The fourth-order valence-corrected chi connectivity index (χ4v) is 3.06. The van der Waals surface area contributed by atoms with Crippen LogP contribution in [0, 0.1) is 0 Å². The summed E-state index contributed by atoms with van der Waals surface area (Å²) in [6.45, 7) is 2.29. The van der Waals surface area contributed by atoms with Crippen LogP contribution in [0.4, 0.5) is 18.9 Å². The van der Waals surface area contributed by atoms with Crippen molar-refractivity contribution in [2.75, 3.05) is 11.4 Å². The molecular formula is C20H19F3N2O2. The number of rotatable bonds is 4. The molecule has 142 valence electrons. The van der Waals surface area contributed by atoms with Crippen LogP contribution in [0.5, 0.6) is 0 Å². The van der Waals surface area contributed by atoms with Gasteiger partial charge in [-0.2, -0.15) is 13.2 Å². The van der Waals surface area contributed by atoms with Crippen LogP contribution in [0.1, 0.15) is 47.3 Å². The minimum atomic E-state index is -4.43. The van der Waals surface area contributed by atoms with Crippen LogP contribution >= 0.6 is 0 Å². The molecule has 0 bridgehead atoms. The van der Waals surface area contributed by atoms with Crippen LogP contribution in [0.2, 0.25) is 0 Å². The fourth-order valence-electron chi connectivity index (χ4n) is 3.06. The molecule has 2 amide bonds. The number of hydrogen-bond acceptors (Lipinski definition) is 2. The molecule has 0 radical (unpaired) electrons. The molecule has 1 heterocycles. The lowest BCUT2D eigenvalue weighted by molar-refractivity contribution is -0.137. The Hall–Kier alpha value is -2.83. The fraction of sp³-hybridized carbons (Fsp3) is 0.300. The lowest BCUT2D eigenvalue weighted by Crippen LogP contribution is -2.27. The molecule has 0 saturated carbocycles. The number of carbonyl (C=O) groups is 2. The smallest absolute Gasteiger partial charge is 0.346 e. The summed E-state index contributed by atoms with van der Waals surface area (Å²) in [5.41, 5.74) is 0.738. The highest BCUT2D eigenvalue weighted by Gasteiger charge is 2.30. The minimum absolute atomic E-state index is 0.0605. The third-order valence-corrected chi connectivity index (χ3v) is 4.58. The maximum atomic E-state index is 12.8. The summed E-state index contributed by atoms with van der Waals surface area (Å²) in [4.78, 5) is 25.8. The van der Waals surface area contributed by atoms with E-state index in [0.29, 0.717) is 24.1 Å². The van der Waals surface area contributed by atoms with Crippen molar-refractivity contribution in [2.45, 2.75) is 32.0 Å². The maximum Gasteiger partial charge on any atom is 0.416 e. The summed E-state index contributed by atoms with van der Waals surface area (Å²) >= 11 is 0. The Labute approximate surface area is 155 Å². The van der Waals surface area contributed by atoms with Crippen LogP contribution < -0.4 is 10.2 Å². The molecule has 1 fully saturated rings. The van der Waals surface area contributed by atoms with Crippen molar-refractivity contribution in [1.82, 2.24) is 5.32 Å². The Morgan fingerprint density at radius 1 is 1.15 bits per heavy atom. The molecule has 7 heteroatoms. The molecule has 27 heavy (non-hydrogen) atoms. The largest absolute Gasteiger partial charge is 0.416 e. The summed E-state index contributed by atoms with van der Waals surface area (Å²) in [5, 5.41) is 2.70. The van der Waals surface area contributed by atoms with Crippen molar-refractivity contribution in [3.05, 3.63) is 65.2 Å². The SMILES string of the molecule is C[C@H](NC(=O)c1ccc(N2CCCC2=O)cc1)c1cccc(C(F)(F)F)c1. The first-order valence-corrected chi connectivity index (χ1v) is 8.64. The average Bonchev–Trinajstić information content (AvgIpc) is 3.07. The molecule has 2 aromatic carbocycles. The monoisotopic (exact) mass is 376 g/mol. The number of anilines is 1. The van der Waals surface area contributed by atoms with E-state index < -0.39 is 17.8 Å². The average molecular weight is 376 g/mol. The molecule has 1 saturated heterocycles. The summed E-state index contributed by atoms with van der Waals surface area (Å²) in [7, 11) is 0. The summed E-state index contributed by atoms with van der Waals surface area (Å²) in [5.74, 6) is -0.329. The zero-order valence-corrected chi connectivity index (χ0v) is 14.7. The van der Waals surface area contributed by atoms with Gasteiger partial charge in [0.25, 0.3) is 5.91 Å². The van der Waals surface area contributed by atoms with Crippen LogP contribution in [-0.2, 0) is 11.0 Å². The topological polar surface area (TPSA) is 49.4 Å². The second-order valence-electron chi connectivity index (χ2n) is 6.51. The molecule has 2 aromatic rings. The third kappa shape index (κ3) is 4.30. The van der Waals surface area contributed by atoms with Gasteiger partial charge in [-0.05, 0) is 55.3 Å². The minimum Gasteiger partial charge on any atom is -0.346 e. The van der Waals surface area contributed by atoms with Gasteiger partial charge in [0.1, 0.15) is 0 Å². The normalized spacial score (nSPS) is 15.7. The maximum absolute atomic E-state index is 12.8. The number of amides is 2. The molecule has 0 aromatic heterocycles. The lowest BCUT2D eigenvalue weighted by atomic mass is 10.0. The molecule has 0 aliphatic carbocycles. The van der Waals surface area contributed by atoms with Crippen molar-refractivity contribution in [3.8, 4) is 0 Å².